The van der Waals surface area contributed by atoms with Gasteiger partial charge in [0, 0.05) is 25.0 Å². The van der Waals surface area contributed by atoms with Crippen LogP contribution < -0.4 is 0 Å². The lowest BCUT2D eigenvalue weighted by Crippen LogP contribution is -2.24. The molecule has 1 N–H and O–H groups in total. The maximum atomic E-state index is 5.32. The van der Waals surface area contributed by atoms with Gasteiger partial charge in [0.15, 0.2) is 4.77 Å². The quantitative estimate of drug-likeness (QED) is 0.817. The summed E-state index contributed by atoms with van der Waals surface area (Å²) in [6.07, 6.45) is 4.77. The maximum Gasteiger partial charge on any atom is 0.177 e. The van der Waals surface area contributed by atoms with Crippen molar-refractivity contribution in [3.8, 4) is 0 Å². The molecule has 2 rings (SSSR count). The van der Waals surface area contributed by atoms with E-state index in [-0.39, 0.29) is 0 Å². The van der Waals surface area contributed by atoms with E-state index in [1.165, 1.54) is 31.6 Å². The lowest BCUT2D eigenvalue weighted by molar-refractivity contribution is 0.319. The predicted molar refractivity (Wildman–Crippen MR) is 69.4 cm³/mol. The molecule has 0 aliphatic carbocycles. The molecule has 0 aromatic carbocycles. The van der Waals surface area contributed by atoms with E-state index in [0.717, 1.165) is 17.9 Å². The first kappa shape index (κ1) is 11.9. The summed E-state index contributed by atoms with van der Waals surface area (Å²) in [7, 11) is 0. The highest BCUT2D eigenvalue weighted by Crippen LogP contribution is 2.15. The Kier molecular flexibility index (Phi) is 3.82. The van der Waals surface area contributed by atoms with Crippen molar-refractivity contribution in [2.24, 2.45) is 0 Å². The summed E-state index contributed by atoms with van der Waals surface area (Å²) in [6, 6.07) is 0. The van der Waals surface area contributed by atoms with Crippen LogP contribution in [0.4, 0.5) is 0 Å². The third-order valence-corrected chi connectivity index (χ3v) is 3.67. The first-order chi connectivity index (χ1) is 7.68. The van der Waals surface area contributed by atoms with Crippen molar-refractivity contribution >= 4 is 12.2 Å². The minimum atomic E-state index is 0.534. The van der Waals surface area contributed by atoms with Gasteiger partial charge in [-0.25, -0.2) is 0 Å². The lowest BCUT2D eigenvalue weighted by Gasteiger charge is -2.17. The number of hydrogen-bond donors (Lipinski definition) is 1. The van der Waals surface area contributed by atoms with Crippen LogP contribution in [0.3, 0.4) is 0 Å². The summed E-state index contributed by atoms with van der Waals surface area (Å²) in [5.74, 6) is 0.534. The highest BCUT2D eigenvalue weighted by molar-refractivity contribution is 7.71. The van der Waals surface area contributed by atoms with Crippen LogP contribution in [0.1, 0.15) is 38.3 Å². The number of nitrogens with one attached hydrogen (secondary N) is 1. The van der Waals surface area contributed by atoms with Crippen LogP contribution in [-0.2, 0) is 6.54 Å². The number of nitrogens with zero attached hydrogens (tertiary/aromatic N) is 2. The van der Waals surface area contributed by atoms with Crippen LogP contribution in [0.5, 0.6) is 0 Å². The molecule has 3 nitrogen and oxygen atoms in total. The molecule has 0 radical (unpaired) electrons. The number of aromatic nitrogens is 2. The van der Waals surface area contributed by atoms with E-state index in [2.05, 4.69) is 34.5 Å². The molecule has 1 aliphatic heterocycles. The molecule has 90 valence electrons. The van der Waals surface area contributed by atoms with Gasteiger partial charge in [0.2, 0.25) is 0 Å². The molecular weight excluding hydrogens is 218 g/mol. The molecular formula is C12H21N3S. The van der Waals surface area contributed by atoms with Gasteiger partial charge in [-0.15, -0.1) is 0 Å². The fraction of sp³-hybridized carbons (Fsp3) is 0.750. The van der Waals surface area contributed by atoms with Crippen LogP contribution in [0, 0.1) is 4.77 Å². The Morgan fingerprint density at radius 3 is 2.62 bits per heavy atom. The zero-order chi connectivity index (χ0) is 11.5. The number of aromatic amines is 1. The van der Waals surface area contributed by atoms with E-state index in [0.29, 0.717) is 5.92 Å². The van der Waals surface area contributed by atoms with E-state index in [4.69, 9.17) is 12.2 Å². The second kappa shape index (κ2) is 5.15. The van der Waals surface area contributed by atoms with Gasteiger partial charge in [-0.3, -0.25) is 0 Å². The van der Waals surface area contributed by atoms with Gasteiger partial charge in [-0.2, -0.15) is 0 Å². The molecule has 0 spiro atoms. The molecule has 0 unspecified atom stereocenters. The van der Waals surface area contributed by atoms with Gasteiger partial charge in [0.25, 0.3) is 0 Å². The monoisotopic (exact) mass is 239 g/mol. The number of rotatable bonds is 4. The summed E-state index contributed by atoms with van der Waals surface area (Å²) >= 11 is 5.32. The zero-order valence-corrected chi connectivity index (χ0v) is 11.0. The Morgan fingerprint density at radius 1 is 1.31 bits per heavy atom. The molecule has 0 bridgehead atoms. The van der Waals surface area contributed by atoms with Crippen molar-refractivity contribution in [3.63, 3.8) is 0 Å². The van der Waals surface area contributed by atoms with Crippen molar-refractivity contribution in [1.82, 2.24) is 14.5 Å². The van der Waals surface area contributed by atoms with E-state index in [9.17, 15) is 0 Å². The van der Waals surface area contributed by atoms with E-state index >= 15 is 0 Å². The number of imidazole rings is 1. The van der Waals surface area contributed by atoms with Crippen LogP contribution in [0.15, 0.2) is 6.20 Å². The highest BCUT2D eigenvalue weighted by atomic mass is 32.1. The third kappa shape index (κ3) is 2.55. The molecule has 4 heteroatoms. The highest BCUT2D eigenvalue weighted by Gasteiger charge is 2.13. The normalized spacial score (nSPS) is 17.4. The largest absolute Gasteiger partial charge is 0.337 e. The molecule has 1 fully saturated rings. The molecule has 2 heterocycles. The zero-order valence-electron chi connectivity index (χ0n) is 10.2. The molecule has 1 saturated heterocycles. The van der Waals surface area contributed by atoms with Crippen LogP contribution in [0.2, 0.25) is 0 Å². The van der Waals surface area contributed by atoms with Gasteiger partial charge in [0.1, 0.15) is 0 Å². The van der Waals surface area contributed by atoms with Crippen molar-refractivity contribution in [1.29, 1.82) is 0 Å². The van der Waals surface area contributed by atoms with Crippen LogP contribution >= 0.6 is 12.2 Å². The van der Waals surface area contributed by atoms with Gasteiger partial charge < -0.3 is 14.5 Å². The summed E-state index contributed by atoms with van der Waals surface area (Å²) in [4.78, 5) is 5.68. The lowest BCUT2D eigenvalue weighted by atomic mass is 10.1. The number of likely N-dealkylation sites (tertiary alicyclic amines) is 1. The SMILES string of the molecule is CC(C)c1c[nH]c(=S)n1CCN1CCCC1. The molecule has 1 aromatic rings. The van der Waals surface area contributed by atoms with Crippen molar-refractivity contribution in [2.75, 3.05) is 19.6 Å². The first-order valence-electron chi connectivity index (χ1n) is 6.19. The Bertz CT molecular complexity index is 385. The Balaban J connectivity index is 2.02. The average Bonchev–Trinajstić information content (AvgIpc) is 2.84. The Labute approximate surface area is 102 Å². The standard InChI is InChI=1S/C12H21N3S/c1-10(2)11-9-13-12(16)15(11)8-7-14-5-3-4-6-14/h9-10H,3-8H2,1-2H3,(H,13,16). The second-order valence-corrected chi connectivity index (χ2v) is 5.26. The van der Waals surface area contributed by atoms with E-state index < -0.39 is 0 Å². The van der Waals surface area contributed by atoms with Crippen molar-refractivity contribution in [2.45, 2.75) is 39.2 Å². The Morgan fingerprint density at radius 2 is 2.00 bits per heavy atom. The van der Waals surface area contributed by atoms with Crippen LogP contribution in [-0.4, -0.2) is 34.1 Å². The van der Waals surface area contributed by atoms with Gasteiger partial charge in [-0.05, 0) is 44.1 Å². The molecule has 0 saturated carbocycles. The second-order valence-electron chi connectivity index (χ2n) is 4.87. The molecule has 1 aromatic heterocycles. The molecule has 16 heavy (non-hydrogen) atoms. The minimum absolute atomic E-state index is 0.534. The fourth-order valence-corrected chi connectivity index (χ4v) is 2.62. The molecule has 1 aliphatic rings. The van der Waals surface area contributed by atoms with Gasteiger partial charge >= 0.3 is 0 Å². The predicted octanol–water partition coefficient (Wildman–Crippen LogP) is 2.76. The molecule has 0 atom stereocenters. The average molecular weight is 239 g/mol. The Hall–Kier alpha value is -0.610. The van der Waals surface area contributed by atoms with Gasteiger partial charge in [0.05, 0.1) is 0 Å². The minimum Gasteiger partial charge on any atom is -0.337 e. The number of H-pyrrole nitrogens is 1. The van der Waals surface area contributed by atoms with Crippen molar-refractivity contribution < 1.29 is 0 Å². The first-order valence-corrected chi connectivity index (χ1v) is 6.60. The summed E-state index contributed by atoms with van der Waals surface area (Å²) < 4.78 is 3.11. The summed E-state index contributed by atoms with van der Waals surface area (Å²) in [6.45, 7) is 9.10. The third-order valence-electron chi connectivity index (χ3n) is 3.33. The van der Waals surface area contributed by atoms with Gasteiger partial charge in [-0.1, -0.05) is 13.8 Å². The molecule has 0 amide bonds. The number of hydrogen-bond acceptors (Lipinski definition) is 2. The van der Waals surface area contributed by atoms with E-state index in [1.54, 1.807) is 0 Å². The topological polar surface area (TPSA) is 24.0 Å². The van der Waals surface area contributed by atoms with E-state index in [1.807, 2.05) is 0 Å². The van der Waals surface area contributed by atoms with Crippen molar-refractivity contribution in [3.05, 3.63) is 16.7 Å². The summed E-state index contributed by atoms with van der Waals surface area (Å²) in [5, 5.41) is 0. The fourth-order valence-electron chi connectivity index (χ4n) is 2.37. The van der Waals surface area contributed by atoms with Crippen LogP contribution in [0.25, 0.3) is 0 Å². The smallest absolute Gasteiger partial charge is 0.177 e. The maximum absolute atomic E-state index is 5.32. The summed E-state index contributed by atoms with van der Waals surface area (Å²) in [5.41, 5.74) is 1.32.